The van der Waals surface area contributed by atoms with E-state index in [1.165, 1.54) is 0 Å². The monoisotopic (exact) mass is 224 g/mol. The van der Waals surface area contributed by atoms with E-state index in [1.54, 1.807) is 31.5 Å². The number of imidazole rings is 1. The van der Waals surface area contributed by atoms with Gasteiger partial charge in [-0.3, -0.25) is 4.79 Å². The molecule has 0 spiro atoms. The Morgan fingerprint density at radius 2 is 2.25 bits per heavy atom. The summed E-state index contributed by atoms with van der Waals surface area (Å²) in [4.78, 5) is 17.5. The average molecular weight is 224 g/mol. The third-order valence-electron chi connectivity index (χ3n) is 2.73. The molecule has 0 fully saturated rings. The van der Waals surface area contributed by atoms with E-state index in [9.17, 15) is 4.79 Å². The maximum atomic E-state index is 11.8. The summed E-state index contributed by atoms with van der Waals surface area (Å²) in [5.74, 6) is 0.0440. The molecule has 0 radical (unpaired) electrons. The first-order valence-electron chi connectivity index (χ1n) is 5.47. The van der Waals surface area contributed by atoms with Gasteiger partial charge in [0.05, 0.1) is 12.0 Å². The number of aromatic nitrogens is 2. The molecule has 0 aliphatic carbocycles. The van der Waals surface area contributed by atoms with Crippen LogP contribution in [0.15, 0.2) is 12.5 Å². The van der Waals surface area contributed by atoms with Crippen LogP contribution in [0.1, 0.15) is 38.0 Å². The first-order valence-corrected chi connectivity index (χ1v) is 5.47. The lowest BCUT2D eigenvalue weighted by molar-refractivity contribution is -0.131. The number of amides is 1. The Morgan fingerprint density at radius 1 is 1.62 bits per heavy atom. The highest BCUT2D eigenvalue weighted by molar-refractivity contribution is 5.79. The molecule has 0 saturated carbocycles. The third-order valence-corrected chi connectivity index (χ3v) is 2.73. The number of rotatable bonds is 4. The Labute approximate surface area is 96.3 Å². The second-order valence-electron chi connectivity index (χ2n) is 4.15. The van der Waals surface area contributed by atoms with Crippen molar-refractivity contribution in [2.24, 2.45) is 5.73 Å². The van der Waals surface area contributed by atoms with E-state index in [-0.39, 0.29) is 18.0 Å². The summed E-state index contributed by atoms with van der Waals surface area (Å²) in [6.45, 7) is 3.87. The van der Waals surface area contributed by atoms with Gasteiger partial charge in [-0.05, 0) is 13.3 Å². The number of nitrogens with zero attached hydrogens (tertiary/aromatic N) is 3. The molecule has 90 valence electrons. The third kappa shape index (κ3) is 2.41. The summed E-state index contributed by atoms with van der Waals surface area (Å²) in [5, 5.41) is 0. The van der Waals surface area contributed by atoms with Gasteiger partial charge in [0.1, 0.15) is 6.04 Å². The van der Waals surface area contributed by atoms with Crippen molar-refractivity contribution >= 4 is 5.91 Å². The molecule has 0 aromatic carbocycles. The predicted molar refractivity (Wildman–Crippen MR) is 62.9 cm³/mol. The Morgan fingerprint density at radius 3 is 2.75 bits per heavy atom. The normalized spacial score (nSPS) is 14.6. The number of hydrogen-bond acceptors (Lipinski definition) is 3. The Bertz CT molecular complexity index is 359. The van der Waals surface area contributed by atoms with Crippen molar-refractivity contribution in [3.05, 3.63) is 18.2 Å². The number of carbonyl (C=O) groups is 1. The minimum atomic E-state index is -0.259. The molecule has 0 aliphatic heterocycles. The van der Waals surface area contributed by atoms with Gasteiger partial charge in [0.15, 0.2) is 0 Å². The van der Waals surface area contributed by atoms with Gasteiger partial charge in [0.25, 0.3) is 0 Å². The zero-order valence-corrected chi connectivity index (χ0v) is 10.3. The molecule has 0 saturated heterocycles. The highest BCUT2D eigenvalue weighted by Gasteiger charge is 2.20. The van der Waals surface area contributed by atoms with E-state index in [4.69, 9.17) is 5.73 Å². The van der Waals surface area contributed by atoms with Crippen molar-refractivity contribution in [1.29, 1.82) is 0 Å². The predicted octanol–water partition coefficient (Wildman–Crippen LogP) is 0.942. The molecule has 1 aromatic heterocycles. The van der Waals surface area contributed by atoms with Gasteiger partial charge in [0, 0.05) is 26.3 Å². The number of likely N-dealkylation sites (N-methyl/N-ethyl adjacent to an activating group) is 1. The van der Waals surface area contributed by atoms with Crippen LogP contribution < -0.4 is 5.73 Å². The van der Waals surface area contributed by atoms with Crippen LogP contribution in [0.25, 0.3) is 0 Å². The summed E-state index contributed by atoms with van der Waals surface area (Å²) in [7, 11) is 3.49. The van der Waals surface area contributed by atoms with E-state index >= 15 is 0 Å². The van der Waals surface area contributed by atoms with E-state index in [0.717, 1.165) is 12.1 Å². The molecule has 1 unspecified atom stereocenters. The van der Waals surface area contributed by atoms with Crippen molar-refractivity contribution in [3.8, 4) is 0 Å². The second-order valence-corrected chi connectivity index (χ2v) is 4.15. The topological polar surface area (TPSA) is 64.1 Å². The zero-order chi connectivity index (χ0) is 12.3. The van der Waals surface area contributed by atoms with Gasteiger partial charge in [-0.15, -0.1) is 0 Å². The van der Waals surface area contributed by atoms with Crippen molar-refractivity contribution in [2.45, 2.75) is 32.4 Å². The van der Waals surface area contributed by atoms with Crippen LogP contribution >= 0.6 is 0 Å². The first kappa shape index (κ1) is 12.7. The lowest BCUT2D eigenvalue weighted by Crippen LogP contribution is -2.31. The maximum absolute atomic E-state index is 11.8. The molecule has 1 heterocycles. The summed E-state index contributed by atoms with van der Waals surface area (Å²) in [6.07, 6.45) is 4.22. The molecule has 2 N–H and O–H groups in total. The van der Waals surface area contributed by atoms with Crippen LogP contribution in [0, 0.1) is 0 Å². The van der Waals surface area contributed by atoms with Gasteiger partial charge in [-0.25, -0.2) is 4.98 Å². The summed E-state index contributed by atoms with van der Waals surface area (Å²) in [6, 6.07) is -0.329. The quantitative estimate of drug-likeness (QED) is 0.828. The van der Waals surface area contributed by atoms with E-state index in [1.807, 2.05) is 18.4 Å². The SMILES string of the molecule is CC[C@@H](N)c1cncn1C(C)C(=O)N(C)C. The fourth-order valence-electron chi connectivity index (χ4n) is 1.63. The first-order chi connectivity index (χ1) is 7.49. The standard InChI is InChI=1S/C11H20N4O/c1-5-9(12)10-6-13-7-15(10)8(2)11(16)14(3)4/h6-9H,5,12H2,1-4H3/t8?,9-/m1/s1. The lowest BCUT2D eigenvalue weighted by Gasteiger charge is -2.21. The lowest BCUT2D eigenvalue weighted by atomic mass is 10.1. The van der Waals surface area contributed by atoms with Crippen LogP contribution in [-0.4, -0.2) is 34.5 Å². The average Bonchev–Trinajstić information content (AvgIpc) is 2.74. The van der Waals surface area contributed by atoms with Crippen LogP contribution in [0.4, 0.5) is 0 Å². The Kier molecular flexibility index (Phi) is 4.06. The van der Waals surface area contributed by atoms with E-state index < -0.39 is 0 Å². The molecular formula is C11H20N4O. The molecule has 0 aliphatic rings. The fraction of sp³-hybridized carbons (Fsp3) is 0.636. The number of carbonyl (C=O) groups excluding carboxylic acids is 1. The molecule has 0 bridgehead atoms. The Balaban J connectivity index is 2.96. The van der Waals surface area contributed by atoms with E-state index in [2.05, 4.69) is 4.98 Å². The zero-order valence-electron chi connectivity index (χ0n) is 10.3. The van der Waals surface area contributed by atoms with Gasteiger partial charge in [0.2, 0.25) is 5.91 Å². The molecule has 1 amide bonds. The molecule has 5 heteroatoms. The second kappa shape index (κ2) is 5.12. The summed E-state index contributed by atoms with van der Waals surface area (Å²) in [5.41, 5.74) is 6.88. The van der Waals surface area contributed by atoms with Crippen LogP contribution in [0.2, 0.25) is 0 Å². The number of nitrogens with two attached hydrogens (primary N) is 1. The molecule has 1 rings (SSSR count). The minimum absolute atomic E-state index is 0.0440. The highest BCUT2D eigenvalue weighted by Crippen LogP contribution is 2.18. The smallest absolute Gasteiger partial charge is 0.244 e. The van der Waals surface area contributed by atoms with Crippen molar-refractivity contribution in [3.63, 3.8) is 0 Å². The van der Waals surface area contributed by atoms with Crippen LogP contribution in [0.3, 0.4) is 0 Å². The van der Waals surface area contributed by atoms with Gasteiger partial charge in [-0.1, -0.05) is 6.92 Å². The number of hydrogen-bond donors (Lipinski definition) is 1. The van der Waals surface area contributed by atoms with Crippen molar-refractivity contribution in [2.75, 3.05) is 14.1 Å². The minimum Gasteiger partial charge on any atom is -0.347 e. The molecule has 2 atom stereocenters. The maximum Gasteiger partial charge on any atom is 0.244 e. The molecular weight excluding hydrogens is 204 g/mol. The molecule has 16 heavy (non-hydrogen) atoms. The highest BCUT2D eigenvalue weighted by atomic mass is 16.2. The van der Waals surface area contributed by atoms with Crippen molar-refractivity contribution in [1.82, 2.24) is 14.5 Å². The molecule has 1 aromatic rings. The summed E-state index contributed by atoms with van der Waals surface area (Å²) >= 11 is 0. The largest absolute Gasteiger partial charge is 0.347 e. The molecule has 5 nitrogen and oxygen atoms in total. The van der Waals surface area contributed by atoms with Crippen LogP contribution in [0.5, 0.6) is 0 Å². The van der Waals surface area contributed by atoms with E-state index in [0.29, 0.717) is 0 Å². The fourth-order valence-corrected chi connectivity index (χ4v) is 1.63. The van der Waals surface area contributed by atoms with Gasteiger partial charge in [-0.2, -0.15) is 0 Å². The van der Waals surface area contributed by atoms with Gasteiger partial charge < -0.3 is 15.2 Å². The Hall–Kier alpha value is -1.36. The van der Waals surface area contributed by atoms with Crippen LogP contribution in [-0.2, 0) is 4.79 Å². The van der Waals surface area contributed by atoms with Crippen molar-refractivity contribution < 1.29 is 4.79 Å². The van der Waals surface area contributed by atoms with Gasteiger partial charge >= 0.3 is 0 Å². The summed E-state index contributed by atoms with van der Waals surface area (Å²) < 4.78 is 1.84.